The summed E-state index contributed by atoms with van der Waals surface area (Å²) in [5.74, 6) is 1.12. The second-order valence-electron chi connectivity index (χ2n) is 5.05. The molecular weight excluding hydrogens is 271 g/mol. The first-order valence-corrected chi connectivity index (χ1v) is 6.39. The molecule has 1 aliphatic rings. The molecule has 0 heterocycles. The van der Waals surface area contributed by atoms with Crippen molar-refractivity contribution in [3.8, 4) is 11.5 Å². The van der Waals surface area contributed by atoms with Gasteiger partial charge in [0.05, 0.1) is 14.2 Å². The first-order valence-electron chi connectivity index (χ1n) is 6.39. The van der Waals surface area contributed by atoms with E-state index in [9.17, 15) is 13.2 Å². The van der Waals surface area contributed by atoms with Gasteiger partial charge < -0.3 is 9.47 Å². The molecule has 1 atom stereocenters. The number of hydrogen-bond acceptors (Lipinski definition) is 3. The summed E-state index contributed by atoms with van der Waals surface area (Å²) in [7, 11) is 3.01. The average Bonchev–Trinajstić information content (AvgIpc) is 3.18. The fourth-order valence-corrected chi connectivity index (χ4v) is 2.30. The van der Waals surface area contributed by atoms with Crippen LogP contribution in [0.5, 0.6) is 11.5 Å². The summed E-state index contributed by atoms with van der Waals surface area (Å²) in [6, 6.07) is 4.64. The Kier molecular flexibility index (Phi) is 3.86. The van der Waals surface area contributed by atoms with Crippen LogP contribution in [0, 0.1) is 0 Å². The Morgan fingerprint density at radius 3 is 2.30 bits per heavy atom. The van der Waals surface area contributed by atoms with Gasteiger partial charge in [-0.05, 0) is 25.8 Å². The quantitative estimate of drug-likeness (QED) is 0.900. The van der Waals surface area contributed by atoms with Crippen LogP contribution in [0.25, 0.3) is 0 Å². The fraction of sp³-hybridized carbons (Fsp3) is 0.571. The van der Waals surface area contributed by atoms with Crippen LogP contribution in [0.3, 0.4) is 0 Å². The topological polar surface area (TPSA) is 30.5 Å². The summed E-state index contributed by atoms with van der Waals surface area (Å²) < 4.78 is 49.2. The van der Waals surface area contributed by atoms with E-state index in [1.807, 2.05) is 0 Å². The second-order valence-corrected chi connectivity index (χ2v) is 5.05. The first kappa shape index (κ1) is 15.0. The van der Waals surface area contributed by atoms with Gasteiger partial charge in [-0.15, -0.1) is 0 Å². The molecule has 1 aliphatic carbocycles. The molecule has 3 nitrogen and oxygen atoms in total. The number of methoxy groups -OCH3 is 2. The van der Waals surface area contributed by atoms with Crippen molar-refractivity contribution in [3.05, 3.63) is 23.8 Å². The number of benzene rings is 1. The summed E-state index contributed by atoms with van der Waals surface area (Å²) in [5, 5.41) is 2.69. The summed E-state index contributed by atoms with van der Waals surface area (Å²) in [5.41, 5.74) is -1.05. The lowest BCUT2D eigenvalue weighted by atomic mass is 10.0. The molecule has 20 heavy (non-hydrogen) atoms. The van der Waals surface area contributed by atoms with E-state index in [1.54, 1.807) is 25.1 Å². The largest absolute Gasteiger partial charge is 0.497 e. The molecule has 1 saturated carbocycles. The Balaban J connectivity index is 2.19. The molecule has 1 N–H and O–H groups in total. The number of ether oxygens (including phenoxy) is 2. The van der Waals surface area contributed by atoms with Crippen LogP contribution < -0.4 is 14.8 Å². The Morgan fingerprint density at radius 1 is 1.20 bits per heavy atom. The van der Waals surface area contributed by atoms with Gasteiger partial charge in [0, 0.05) is 17.7 Å². The van der Waals surface area contributed by atoms with E-state index >= 15 is 0 Å². The predicted molar refractivity (Wildman–Crippen MR) is 69.1 cm³/mol. The summed E-state index contributed by atoms with van der Waals surface area (Å²) in [6.07, 6.45) is -3.97. The number of halogens is 3. The van der Waals surface area contributed by atoms with Crippen LogP contribution in [0.15, 0.2) is 18.2 Å². The second kappa shape index (κ2) is 5.16. The van der Waals surface area contributed by atoms with Crippen molar-refractivity contribution < 1.29 is 22.6 Å². The van der Waals surface area contributed by atoms with Crippen molar-refractivity contribution in [3.63, 3.8) is 0 Å². The summed E-state index contributed by atoms with van der Waals surface area (Å²) in [4.78, 5) is 0. The molecule has 1 aromatic carbocycles. The highest BCUT2D eigenvalue weighted by Crippen LogP contribution is 2.50. The molecule has 1 fully saturated rings. The van der Waals surface area contributed by atoms with Crippen LogP contribution in [0.1, 0.15) is 31.4 Å². The highest BCUT2D eigenvalue weighted by molar-refractivity contribution is 5.42. The van der Waals surface area contributed by atoms with Crippen LogP contribution >= 0.6 is 0 Å². The molecule has 0 aliphatic heterocycles. The van der Waals surface area contributed by atoms with Crippen LogP contribution in [0.2, 0.25) is 0 Å². The maximum Gasteiger partial charge on any atom is 0.406 e. The van der Waals surface area contributed by atoms with Crippen LogP contribution in [-0.2, 0) is 0 Å². The van der Waals surface area contributed by atoms with Gasteiger partial charge in [0.15, 0.2) is 0 Å². The molecule has 6 heteroatoms. The predicted octanol–water partition coefficient (Wildman–Crippen LogP) is 3.45. The van der Waals surface area contributed by atoms with E-state index in [4.69, 9.17) is 9.47 Å². The number of nitrogens with one attached hydrogen (secondary N) is 1. The van der Waals surface area contributed by atoms with Gasteiger partial charge in [0.1, 0.15) is 17.0 Å². The van der Waals surface area contributed by atoms with Crippen molar-refractivity contribution in [1.29, 1.82) is 0 Å². The van der Waals surface area contributed by atoms with Crippen molar-refractivity contribution in [2.24, 2.45) is 0 Å². The zero-order valence-electron chi connectivity index (χ0n) is 11.7. The highest BCUT2D eigenvalue weighted by atomic mass is 19.4. The number of rotatable bonds is 5. The lowest BCUT2D eigenvalue weighted by Gasteiger charge is -2.26. The van der Waals surface area contributed by atoms with Gasteiger partial charge in [0.25, 0.3) is 0 Å². The number of alkyl halides is 3. The van der Waals surface area contributed by atoms with Crippen molar-refractivity contribution >= 4 is 0 Å². The van der Waals surface area contributed by atoms with Gasteiger partial charge in [-0.1, -0.05) is 6.07 Å². The Bertz CT molecular complexity index is 484. The van der Waals surface area contributed by atoms with Crippen molar-refractivity contribution in [2.75, 3.05) is 14.2 Å². The monoisotopic (exact) mass is 289 g/mol. The molecule has 0 aromatic heterocycles. The molecule has 1 unspecified atom stereocenters. The third-order valence-electron chi connectivity index (χ3n) is 3.69. The van der Waals surface area contributed by atoms with Gasteiger partial charge in [-0.2, -0.15) is 13.2 Å². The summed E-state index contributed by atoms with van der Waals surface area (Å²) >= 11 is 0. The van der Waals surface area contributed by atoms with Gasteiger partial charge in [0.2, 0.25) is 0 Å². The van der Waals surface area contributed by atoms with Crippen LogP contribution in [-0.4, -0.2) is 25.9 Å². The molecule has 2 rings (SSSR count). The normalized spacial score (nSPS) is 18.5. The van der Waals surface area contributed by atoms with E-state index in [1.165, 1.54) is 14.2 Å². The molecule has 0 radical (unpaired) electrons. The van der Waals surface area contributed by atoms with Crippen molar-refractivity contribution in [2.45, 2.75) is 37.5 Å². The minimum atomic E-state index is -4.22. The molecule has 0 spiro atoms. The Labute approximate surface area is 116 Å². The fourth-order valence-electron chi connectivity index (χ4n) is 2.30. The van der Waals surface area contributed by atoms with Gasteiger partial charge >= 0.3 is 6.18 Å². The first-order chi connectivity index (χ1) is 9.33. The van der Waals surface area contributed by atoms with Crippen LogP contribution in [0.4, 0.5) is 13.2 Å². The van der Waals surface area contributed by atoms with E-state index in [2.05, 4.69) is 5.32 Å². The smallest absolute Gasteiger partial charge is 0.406 e. The lowest BCUT2D eigenvalue weighted by molar-refractivity contribution is -0.167. The third-order valence-corrected chi connectivity index (χ3v) is 3.69. The number of hydrogen-bond donors (Lipinski definition) is 1. The Hall–Kier alpha value is -1.43. The SMILES string of the molecule is COc1ccc(C(C)NC2(C(F)(F)F)CC2)c(OC)c1. The van der Waals surface area contributed by atoms with E-state index in [0.29, 0.717) is 17.1 Å². The van der Waals surface area contributed by atoms with E-state index < -0.39 is 17.8 Å². The van der Waals surface area contributed by atoms with Gasteiger partial charge in [-0.25, -0.2) is 0 Å². The minimum Gasteiger partial charge on any atom is -0.497 e. The average molecular weight is 289 g/mol. The standard InChI is InChI=1S/C14H18F3NO2/c1-9(18-13(6-7-13)14(15,16)17)11-5-4-10(19-2)8-12(11)20-3/h4-5,8-9,18H,6-7H2,1-3H3. The summed E-state index contributed by atoms with van der Waals surface area (Å²) in [6.45, 7) is 1.70. The molecule has 0 amide bonds. The van der Waals surface area contributed by atoms with Crippen molar-refractivity contribution in [1.82, 2.24) is 5.32 Å². The maximum absolute atomic E-state index is 13.0. The lowest BCUT2D eigenvalue weighted by Crippen LogP contribution is -2.45. The van der Waals surface area contributed by atoms with E-state index in [0.717, 1.165) is 0 Å². The third kappa shape index (κ3) is 2.70. The molecule has 0 bridgehead atoms. The minimum absolute atomic E-state index is 0.124. The molecule has 1 aromatic rings. The Morgan fingerprint density at radius 2 is 1.85 bits per heavy atom. The zero-order chi connectivity index (χ0) is 15.0. The van der Waals surface area contributed by atoms with E-state index in [-0.39, 0.29) is 12.8 Å². The highest BCUT2D eigenvalue weighted by Gasteiger charge is 2.63. The molecule has 112 valence electrons. The maximum atomic E-state index is 13.0. The molecular formula is C14H18F3NO2. The zero-order valence-corrected chi connectivity index (χ0v) is 11.7. The molecule has 0 saturated heterocycles. The van der Waals surface area contributed by atoms with Gasteiger partial charge in [-0.3, -0.25) is 5.32 Å².